The monoisotopic (exact) mass is 238 g/mol. The molecule has 96 valence electrons. The Kier molecular flexibility index (Phi) is 3.72. The minimum absolute atomic E-state index is 0.587. The maximum Gasteiger partial charge on any atom is 0.0904 e. The van der Waals surface area contributed by atoms with Crippen LogP contribution in [0, 0.1) is 16.7 Å². The van der Waals surface area contributed by atoms with Crippen molar-refractivity contribution in [3.63, 3.8) is 0 Å². The van der Waals surface area contributed by atoms with E-state index in [1.54, 1.807) is 0 Å². The number of likely N-dealkylation sites (tertiary alicyclic amines) is 1. The van der Waals surface area contributed by atoms with Crippen LogP contribution >= 0.6 is 0 Å². The summed E-state index contributed by atoms with van der Waals surface area (Å²) in [5, 5.41) is 20.5. The van der Waals surface area contributed by atoms with Crippen molar-refractivity contribution in [1.29, 1.82) is 5.26 Å². The van der Waals surface area contributed by atoms with Crippen LogP contribution in [0.2, 0.25) is 0 Å². The van der Waals surface area contributed by atoms with Crippen molar-refractivity contribution in [1.82, 2.24) is 4.90 Å². The average Bonchev–Trinajstić information content (AvgIpc) is 2.53. The first-order chi connectivity index (χ1) is 8.12. The fraction of sp³-hybridized carbons (Fsp3) is 0.923. The van der Waals surface area contributed by atoms with E-state index in [2.05, 4.69) is 18.0 Å². The topological polar surface area (TPSA) is 56.5 Å². The van der Waals surface area contributed by atoms with Gasteiger partial charge in [0, 0.05) is 19.8 Å². The molecule has 0 amide bonds. The Morgan fingerprint density at radius 3 is 2.53 bits per heavy atom. The van der Waals surface area contributed by atoms with Crippen LogP contribution in [0.4, 0.5) is 0 Å². The smallest absolute Gasteiger partial charge is 0.0904 e. The van der Waals surface area contributed by atoms with E-state index in [9.17, 15) is 10.4 Å². The van der Waals surface area contributed by atoms with Crippen LogP contribution in [0.1, 0.15) is 32.1 Å². The van der Waals surface area contributed by atoms with Crippen molar-refractivity contribution in [2.45, 2.75) is 37.7 Å². The second kappa shape index (κ2) is 4.93. The molecule has 0 radical (unpaired) electrons. The third-order valence-corrected chi connectivity index (χ3v) is 4.49. The summed E-state index contributed by atoms with van der Waals surface area (Å²) in [6.45, 7) is 3.10. The molecule has 2 fully saturated rings. The minimum atomic E-state index is -0.823. The van der Waals surface area contributed by atoms with Gasteiger partial charge >= 0.3 is 0 Å². The fourth-order valence-corrected chi connectivity index (χ4v) is 3.13. The predicted molar refractivity (Wildman–Crippen MR) is 64.4 cm³/mol. The molecule has 0 spiro atoms. The molecule has 4 nitrogen and oxygen atoms in total. The zero-order chi connectivity index (χ0) is 12.4. The molecule has 0 aromatic heterocycles. The van der Waals surface area contributed by atoms with Crippen LogP contribution in [0.3, 0.4) is 0 Å². The Hall–Kier alpha value is -0.630. The summed E-state index contributed by atoms with van der Waals surface area (Å²) in [5.74, 6) is 0. The maximum absolute atomic E-state index is 10.9. The van der Waals surface area contributed by atoms with Crippen LogP contribution < -0.4 is 0 Å². The third-order valence-electron chi connectivity index (χ3n) is 4.49. The number of aliphatic hydroxyl groups is 1. The average molecular weight is 238 g/mol. The molecule has 2 heterocycles. The van der Waals surface area contributed by atoms with Gasteiger partial charge < -0.3 is 14.7 Å². The summed E-state index contributed by atoms with van der Waals surface area (Å²) in [5.41, 5.74) is -1.41. The molecule has 0 saturated carbocycles. The first-order valence-corrected chi connectivity index (χ1v) is 6.52. The Bertz CT molecular complexity index is 307. The van der Waals surface area contributed by atoms with Gasteiger partial charge in [0.25, 0.3) is 0 Å². The highest BCUT2D eigenvalue weighted by Crippen LogP contribution is 2.45. The van der Waals surface area contributed by atoms with Crippen LogP contribution in [-0.4, -0.2) is 49.0 Å². The van der Waals surface area contributed by atoms with Crippen molar-refractivity contribution in [3.8, 4) is 6.07 Å². The minimum Gasteiger partial charge on any atom is -0.388 e. The van der Waals surface area contributed by atoms with Crippen LogP contribution in [0.25, 0.3) is 0 Å². The Labute approximate surface area is 103 Å². The zero-order valence-corrected chi connectivity index (χ0v) is 10.6. The maximum atomic E-state index is 10.9. The lowest BCUT2D eigenvalue weighted by atomic mass is 9.64. The zero-order valence-electron chi connectivity index (χ0n) is 10.6. The molecule has 1 N–H and O–H groups in total. The molecule has 17 heavy (non-hydrogen) atoms. The fourth-order valence-electron chi connectivity index (χ4n) is 3.13. The van der Waals surface area contributed by atoms with Gasteiger partial charge in [0.2, 0.25) is 0 Å². The second-order valence-corrected chi connectivity index (χ2v) is 5.49. The first kappa shape index (κ1) is 12.8. The van der Waals surface area contributed by atoms with Crippen molar-refractivity contribution < 1.29 is 9.84 Å². The molecule has 2 saturated heterocycles. The Morgan fingerprint density at radius 2 is 1.88 bits per heavy atom. The van der Waals surface area contributed by atoms with E-state index in [0.717, 1.165) is 25.9 Å². The van der Waals surface area contributed by atoms with Crippen molar-refractivity contribution in [3.05, 3.63) is 0 Å². The Balaban J connectivity index is 2.19. The lowest BCUT2D eigenvalue weighted by molar-refractivity contribution is -0.111. The summed E-state index contributed by atoms with van der Waals surface area (Å²) >= 11 is 0. The van der Waals surface area contributed by atoms with Gasteiger partial charge in [-0.2, -0.15) is 5.26 Å². The van der Waals surface area contributed by atoms with E-state index in [-0.39, 0.29) is 0 Å². The van der Waals surface area contributed by atoms with E-state index >= 15 is 0 Å². The van der Waals surface area contributed by atoms with E-state index in [1.165, 1.54) is 0 Å². The van der Waals surface area contributed by atoms with Crippen molar-refractivity contribution in [2.24, 2.45) is 5.41 Å². The molecule has 2 rings (SSSR count). The lowest BCUT2D eigenvalue weighted by Crippen LogP contribution is -2.51. The van der Waals surface area contributed by atoms with Gasteiger partial charge in [-0.3, -0.25) is 0 Å². The molecule has 0 aliphatic carbocycles. The SMILES string of the molecule is CN1CCCC(O)(C2(C#N)CCOCC2)CC1. The number of nitriles is 1. The summed E-state index contributed by atoms with van der Waals surface area (Å²) in [6.07, 6.45) is 3.76. The van der Waals surface area contributed by atoms with Crippen LogP contribution in [0.5, 0.6) is 0 Å². The van der Waals surface area contributed by atoms with E-state index in [1.807, 2.05) is 0 Å². The predicted octanol–water partition coefficient (Wildman–Crippen LogP) is 1.15. The van der Waals surface area contributed by atoms with Crippen molar-refractivity contribution in [2.75, 3.05) is 33.4 Å². The molecule has 4 heteroatoms. The summed E-state index contributed by atoms with van der Waals surface area (Å²) in [6, 6.07) is 2.42. The summed E-state index contributed by atoms with van der Waals surface area (Å²) in [4.78, 5) is 2.24. The molecular formula is C13H22N2O2. The number of hydrogen-bond acceptors (Lipinski definition) is 4. The van der Waals surface area contributed by atoms with E-state index in [0.29, 0.717) is 32.5 Å². The standard InChI is InChI=1S/C13H22N2O2/c1-15-7-2-3-13(16,4-8-15)12(11-14)5-9-17-10-6-12/h16H,2-10H2,1H3. The summed E-state index contributed by atoms with van der Waals surface area (Å²) in [7, 11) is 2.08. The molecular weight excluding hydrogens is 216 g/mol. The van der Waals surface area contributed by atoms with Gasteiger partial charge in [-0.15, -0.1) is 0 Å². The second-order valence-electron chi connectivity index (χ2n) is 5.49. The molecule has 1 unspecified atom stereocenters. The molecule has 1 atom stereocenters. The quantitative estimate of drug-likeness (QED) is 0.744. The van der Waals surface area contributed by atoms with Gasteiger partial charge in [-0.05, 0) is 45.7 Å². The van der Waals surface area contributed by atoms with Gasteiger partial charge in [-0.25, -0.2) is 0 Å². The number of hydrogen-bond donors (Lipinski definition) is 1. The van der Waals surface area contributed by atoms with Gasteiger partial charge in [0.15, 0.2) is 0 Å². The molecule has 2 aliphatic rings. The highest BCUT2D eigenvalue weighted by molar-refractivity contribution is 5.13. The normalized spacial score (nSPS) is 34.9. The Morgan fingerprint density at radius 1 is 1.18 bits per heavy atom. The number of nitrogens with zero attached hydrogens (tertiary/aromatic N) is 2. The number of rotatable bonds is 1. The highest BCUT2D eigenvalue weighted by Gasteiger charge is 2.51. The molecule has 0 bridgehead atoms. The van der Waals surface area contributed by atoms with Crippen molar-refractivity contribution >= 4 is 0 Å². The van der Waals surface area contributed by atoms with Gasteiger partial charge in [0.1, 0.15) is 0 Å². The number of ether oxygens (including phenoxy) is 1. The van der Waals surface area contributed by atoms with E-state index < -0.39 is 11.0 Å². The third kappa shape index (κ3) is 2.33. The summed E-state index contributed by atoms with van der Waals surface area (Å²) < 4.78 is 5.34. The molecule has 2 aliphatic heterocycles. The largest absolute Gasteiger partial charge is 0.388 e. The molecule has 0 aromatic carbocycles. The highest BCUT2D eigenvalue weighted by atomic mass is 16.5. The van der Waals surface area contributed by atoms with Gasteiger partial charge in [0.05, 0.1) is 17.1 Å². The lowest BCUT2D eigenvalue weighted by Gasteiger charge is -2.44. The van der Waals surface area contributed by atoms with E-state index in [4.69, 9.17) is 4.74 Å². The molecule has 0 aromatic rings. The van der Waals surface area contributed by atoms with Crippen LogP contribution in [0.15, 0.2) is 0 Å². The van der Waals surface area contributed by atoms with Gasteiger partial charge in [-0.1, -0.05) is 0 Å². The first-order valence-electron chi connectivity index (χ1n) is 6.52. The van der Waals surface area contributed by atoms with Crippen LogP contribution in [-0.2, 0) is 4.74 Å².